The fourth-order valence-corrected chi connectivity index (χ4v) is 2.63. The van der Waals surface area contributed by atoms with E-state index in [4.69, 9.17) is 23.2 Å². The van der Waals surface area contributed by atoms with Crippen molar-refractivity contribution < 1.29 is 4.92 Å². The van der Waals surface area contributed by atoms with Gasteiger partial charge in [0.1, 0.15) is 5.69 Å². The van der Waals surface area contributed by atoms with Gasteiger partial charge >= 0.3 is 0 Å². The van der Waals surface area contributed by atoms with Crippen LogP contribution in [-0.2, 0) is 6.54 Å². The Morgan fingerprint density at radius 1 is 1.28 bits per heavy atom. The molecule has 1 heterocycles. The molecule has 0 saturated carbocycles. The molecule has 1 aromatic heterocycles. The number of nitrogens with zero attached hydrogens (tertiary/aromatic N) is 1. The van der Waals surface area contributed by atoms with Crippen LogP contribution < -0.4 is 5.32 Å². The summed E-state index contributed by atoms with van der Waals surface area (Å²) in [6.07, 6.45) is 0. The van der Waals surface area contributed by atoms with Gasteiger partial charge in [0.05, 0.1) is 9.26 Å². The predicted molar refractivity (Wildman–Crippen MR) is 74.8 cm³/mol. The average molecular weight is 303 g/mol. The Kier molecular flexibility index (Phi) is 4.06. The Morgan fingerprint density at radius 2 is 2.06 bits per heavy atom. The summed E-state index contributed by atoms with van der Waals surface area (Å²) < 4.78 is 0.692. The van der Waals surface area contributed by atoms with Crippen LogP contribution in [0.5, 0.6) is 0 Å². The number of thiophene rings is 1. The second-order valence-electron chi connectivity index (χ2n) is 3.48. The van der Waals surface area contributed by atoms with Crippen LogP contribution in [0.25, 0.3) is 0 Å². The molecule has 2 aromatic rings. The molecule has 0 bridgehead atoms. The van der Waals surface area contributed by atoms with Crippen molar-refractivity contribution in [2.75, 3.05) is 5.32 Å². The zero-order valence-electron chi connectivity index (χ0n) is 9.02. The summed E-state index contributed by atoms with van der Waals surface area (Å²) in [6, 6.07) is 8.19. The highest BCUT2D eigenvalue weighted by Gasteiger charge is 2.14. The zero-order chi connectivity index (χ0) is 13.1. The summed E-state index contributed by atoms with van der Waals surface area (Å²) in [4.78, 5) is 11.4. The Morgan fingerprint density at radius 3 is 2.67 bits per heavy atom. The first kappa shape index (κ1) is 13.1. The number of nitro groups is 1. The van der Waals surface area contributed by atoms with E-state index in [-0.39, 0.29) is 5.69 Å². The van der Waals surface area contributed by atoms with Crippen LogP contribution in [0.1, 0.15) is 4.88 Å². The molecule has 2 rings (SSSR count). The van der Waals surface area contributed by atoms with Gasteiger partial charge in [-0.15, -0.1) is 11.3 Å². The van der Waals surface area contributed by atoms with Gasteiger partial charge in [0, 0.05) is 22.5 Å². The van der Waals surface area contributed by atoms with Gasteiger partial charge in [-0.2, -0.15) is 0 Å². The van der Waals surface area contributed by atoms with Crippen molar-refractivity contribution in [2.24, 2.45) is 0 Å². The monoisotopic (exact) mass is 302 g/mol. The lowest BCUT2D eigenvalue weighted by Crippen LogP contribution is -2.01. The Balaban J connectivity index is 2.16. The van der Waals surface area contributed by atoms with Gasteiger partial charge in [-0.1, -0.05) is 23.2 Å². The van der Waals surface area contributed by atoms with Crippen molar-refractivity contribution in [3.8, 4) is 0 Å². The fourth-order valence-electron chi connectivity index (χ4n) is 1.43. The number of anilines is 1. The summed E-state index contributed by atoms with van der Waals surface area (Å²) in [5, 5.41) is 14.2. The first-order valence-electron chi connectivity index (χ1n) is 4.98. The Labute approximate surface area is 117 Å². The van der Waals surface area contributed by atoms with Gasteiger partial charge in [0.15, 0.2) is 0 Å². The minimum Gasteiger partial charge on any atom is -0.375 e. The zero-order valence-corrected chi connectivity index (χ0v) is 11.4. The minimum absolute atomic E-state index is 0.0369. The molecule has 0 unspecified atom stereocenters. The van der Waals surface area contributed by atoms with Gasteiger partial charge in [-0.3, -0.25) is 10.1 Å². The van der Waals surface area contributed by atoms with E-state index in [9.17, 15) is 10.1 Å². The van der Waals surface area contributed by atoms with E-state index in [1.54, 1.807) is 18.2 Å². The molecule has 0 aliphatic rings. The van der Waals surface area contributed by atoms with Crippen LogP contribution in [0.3, 0.4) is 0 Å². The minimum atomic E-state index is -0.463. The van der Waals surface area contributed by atoms with Crippen molar-refractivity contribution in [1.29, 1.82) is 0 Å². The lowest BCUT2D eigenvalue weighted by atomic mass is 10.2. The maximum atomic E-state index is 10.9. The maximum Gasteiger partial charge on any atom is 0.293 e. The number of halogens is 2. The first-order valence-corrected chi connectivity index (χ1v) is 6.55. The van der Waals surface area contributed by atoms with Gasteiger partial charge in [0.25, 0.3) is 5.69 Å². The molecule has 18 heavy (non-hydrogen) atoms. The molecule has 0 atom stereocenters. The summed E-state index contributed by atoms with van der Waals surface area (Å²) in [6.45, 7) is 0.486. The number of hydrogen-bond donors (Lipinski definition) is 1. The fraction of sp³-hybridized carbons (Fsp3) is 0.0909. The van der Waals surface area contributed by atoms with Crippen molar-refractivity contribution in [2.45, 2.75) is 6.54 Å². The third-order valence-corrected chi connectivity index (χ3v) is 3.70. The second-order valence-corrected chi connectivity index (χ2v) is 5.71. The second kappa shape index (κ2) is 5.56. The number of hydrogen-bond acceptors (Lipinski definition) is 4. The number of benzene rings is 1. The number of rotatable bonds is 4. The van der Waals surface area contributed by atoms with Crippen LogP contribution in [0.15, 0.2) is 30.3 Å². The van der Waals surface area contributed by atoms with E-state index < -0.39 is 4.92 Å². The highest BCUT2D eigenvalue weighted by atomic mass is 35.5. The SMILES string of the molecule is O=[N+]([O-])c1cc(Cl)ccc1NCc1ccc(Cl)s1. The topological polar surface area (TPSA) is 55.2 Å². The van der Waals surface area contributed by atoms with Crippen LogP contribution in [0.2, 0.25) is 9.36 Å². The molecule has 0 saturated heterocycles. The highest BCUT2D eigenvalue weighted by molar-refractivity contribution is 7.16. The van der Waals surface area contributed by atoms with Gasteiger partial charge in [-0.05, 0) is 24.3 Å². The molecule has 0 spiro atoms. The molecular weight excluding hydrogens is 295 g/mol. The molecule has 0 amide bonds. The molecule has 0 radical (unpaired) electrons. The molecule has 4 nitrogen and oxygen atoms in total. The van der Waals surface area contributed by atoms with E-state index in [0.29, 0.717) is 21.6 Å². The molecule has 94 valence electrons. The van der Waals surface area contributed by atoms with Crippen LogP contribution in [-0.4, -0.2) is 4.92 Å². The van der Waals surface area contributed by atoms with E-state index in [1.165, 1.54) is 17.4 Å². The molecule has 0 fully saturated rings. The van der Waals surface area contributed by atoms with Crippen molar-refractivity contribution in [3.63, 3.8) is 0 Å². The third-order valence-electron chi connectivity index (χ3n) is 2.24. The highest BCUT2D eigenvalue weighted by Crippen LogP contribution is 2.29. The summed E-state index contributed by atoms with van der Waals surface area (Å²) >= 11 is 13.0. The number of nitrogens with one attached hydrogen (secondary N) is 1. The molecule has 0 aliphatic heterocycles. The van der Waals surface area contributed by atoms with E-state index in [1.807, 2.05) is 6.07 Å². The molecular formula is C11H8Cl2N2O2S. The van der Waals surface area contributed by atoms with Crippen molar-refractivity contribution >= 4 is 45.9 Å². The maximum absolute atomic E-state index is 10.9. The average Bonchev–Trinajstić information content (AvgIpc) is 2.73. The number of nitro benzene ring substituents is 1. The van der Waals surface area contributed by atoms with Crippen LogP contribution in [0, 0.1) is 10.1 Å². The van der Waals surface area contributed by atoms with E-state index in [2.05, 4.69) is 5.32 Å². The molecule has 1 aromatic carbocycles. The largest absolute Gasteiger partial charge is 0.375 e. The normalized spacial score (nSPS) is 10.3. The lowest BCUT2D eigenvalue weighted by molar-refractivity contribution is -0.383. The molecule has 1 N–H and O–H groups in total. The quantitative estimate of drug-likeness (QED) is 0.664. The first-order chi connectivity index (χ1) is 8.56. The van der Waals surface area contributed by atoms with E-state index in [0.717, 1.165) is 4.88 Å². The van der Waals surface area contributed by atoms with Crippen LogP contribution in [0.4, 0.5) is 11.4 Å². The lowest BCUT2D eigenvalue weighted by Gasteiger charge is -2.05. The van der Waals surface area contributed by atoms with Gasteiger partial charge < -0.3 is 5.32 Å². The third kappa shape index (κ3) is 3.13. The summed E-state index contributed by atoms with van der Waals surface area (Å²) in [7, 11) is 0. The van der Waals surface area contributed by atoms with Gasteiger partial charge in [-0.25, -0.2) is 0 Å². The summed E-state index contributed by atoms with van der Waals surface area (Å²) in [5.41, 5.74) is 0.402. The Bertz CT molecular complexity index is 586. The Hall–Kier alpha value is -1.30. The van der Waals surface area contributed by atoms with Crippen molar-refractivity contribution in [3.05, 3.63) is 54.7 Å². The van der Waals surface area contributed by atoms with Crippen LogP contribution >= 0.6 is 34.5 Å². The molecule has 7 heteroatoms. The van der Waals surface area contributed by atoms with Crippen molar-refractivity contribution in [1.82, 2.24) is 0 Å². The van der Waals surface area contributed by atoms with Gasteiger partial charge in [0.2, 0.25) is 0 Å². The molecule has 0 aliphatic carbocycles. The smallest absolute Gasteiger partial charge is 0.293 e. The van der Waals surface area contributed by atoms with E-state index >= 15 is 0 Å². The summed E-state index contributed by atoms with van der Waals surface area (Å²) in [5.74, 6) is 0. The predicted octanol–water partition coefficient (Wildman–Crippen LogP) is 4.58. The standard InChI is InChI=1S/C11H8Cl2N2O2S/c12-7-1-3-9(10(5-7)15(16)17)14-6-8-2-4-11(13)18-8/h1-5,14H,6H2.